The summed E-state index contributed by atoms with van der Waals surface area (Å²) >= 11 is 0. The van der Waals surface area contributed by atoms with Crippen molar-refractivity contribution in [2.24, 2.45) is 10.9 Å². The molecule has 0 saturated carbocycles. The van der Waals surface area contributed by atoms with Crippen LogP contribution in [0, 0.1) is 5.92 Å². The second-order valence-electron chi connectivity index (χ2n) is 4.01. The van der Waals surface area contributed by atoms with Crippen molar-refractivity contribution in [2.75, 3.05) is 0 Å². The number of carbonyl (C=O) groups is 1. The third kappa shape index (κ3) is 1.80. The summed E-state index contributed by atoms with van der Waals surface area (Å²) in [5.41, 5.74) is 0.835. The van der Waals surface area contributed by atoms with E-state index in [-0.39, 0.29) is 17.9 Å². The summed E-state index contributed by atoms with van der Waals surface area (Å²) < 4.78 is 5.27. The van der Waals surface area contributed by atoms with E-state index >= 15 is 0 Å². The highest BCUT2D eigenvalue weighted by Crippen LogP contribution is 2.23. The summed E-state index contributed by atoms with van der Waals surface area (Å²) in [7, 11) is 0. The van der Waals surface area contributed by atoms with Gasteiger partial charge in [0.15, 0.2) is 0 Å². The summed E-state index contributed by atoms with van der Waals surface area (Å²) in [6, 6.07) is 9.35. The zero-order valence-corrected chi connectivity index (χ0v) is 9.11. The molecule has 17 heavy (non-hydrogen) atoms. The maximum atomic E-state index is 11.8. The molecule has 0 unspecified atom stereocenters. The van der Waals surface area contributed by atoms with Gasteiger partial charge in [-0.1, -0.05) is 42.5 Å². The number of nitrogens with zero attached hydrogens (tertiary/aromatic N) is 1. The maximum Gasteiger partial charge on any atom is 0.322 e. The highest BCUT2D eigenvalue weighted by atomic mass is 16.5. The van der Waals surface area contributed by atoms with Crippen molar-refractivity contribution in [1.82, 2.24) is 0 Å². The van der Waals surface area contributed by atoms with Crippen molar-refractivity contribution >= 4 is 11.9 Å². The van der Waals surface area contributed by atoms with Crippen molar-refractivity contribution in [2.45, 2.75) is 6.04 Å². The Morgan fingerprint density at radius 2 is 1.82 bits per heavy atom. The predicted octanol–water partition coefficient (Wildman–Crippen LogP) is 2.10. The van der Waals surface area contributed by atoms with Crippen LogP contribution < -0.4 is 0 Å². The number of carbonyl (C=O) groups excluding carboxylic acids is 1. The Bertz CT molecular complexity index is 528. The molecule has 1 aromatic carbocycles. The fourth-order valence-electron chi connectivity index (χ4n) is 1.98. The quantitative estimate of drug-likeness (QED) is 0.686. The van der Waals surface area contributed by atoms with E-state index in [1.165, 1.54) is 0 Å². The van der Waals surface area contributed by atoms with E-state index in [4.69, 9.17) is 4.74 Å². The van der Waals surface area contributed by atoms with Crippen LogP contribution in [-0.2, 0) is 9.53 Å². The van der Waals surface area contributed by atoms with E-state index in [1.54, 1.807) is 0 Å². The van der Waals surface area contributed by atoms with Crippen molar-refractivity contribution < 1.29 is 9.53 Å². The highest BCUT2D eigenvalue weighted by Gasteiger charge is 2.33. The lowest BCUT2D eigenvalue weighted by atomic mass is 9.94. The maximum absolute atomic E-state index is 11.8. The van der Waals surface area contributed by atoms with Crippen molar-refractivity contribution in [1.29, 1.82) is 0 Å². The van der Waals surface area contributed by atoms with Gasteiger partial charge in [-0.25, -0.2) is 4.99 Å². The predicted molar refractivity (Wildman–Crippen MR) is 64.6 cm³/mol. The SMILES string of the molecule is O=C1OC(c2ccccc2)=N[C@H]2C=CC=C[C@@H]12. The molecule has 3 rings (SSSR count). The van der Waals surface area contributed by atoms with E-state index in [9.17, 15) is 4.79 Å². The molecule has 1 aliphatic carbocycles. The number of allylic oxidation sites excluding steroid dienone is 2. The minimum Gasteiger partial charge on any atom is -0.407 e. The molecular formula is C14H11NO2. The van der Waals surface area contributed by atoms with Crippen LogP contribution in [0.25, 0.3) is 0 Å². The van der Waals surface area contributed by atoms with Crippen molar-refractivity contribution in [3.05, 3.63) is 60.2 Å². The third-order valence-corrected chi connectivity index (χ3v) is 2.86. The molecule has 0 N–H and O–H groups in total. The van der Waals surface area contributed by atoms with Crippen LogP contribution in [0.5, 0.6) is 0 Å². The monoisotopic (exact) mass is 225 g/mol. The minimum atomic E-state index is -0.271. The summed E-state index contributed by atoms with van der Waals surface area (Å²) in [5.74, 6) is -0.0892. The van der Waals surface area contributed by atoms with Gasteiger partial charge in [0.05, 0.1) is 6.04 Å². The van der Waals surface area contributed by atoms with E-state index < -0.39 is 0 Å². The van der Waals surface area contributed by atoms with Gasteiger partial charge in [0.2, 0.25) is 5.90 Å². The molecule has 0 saturated heterocycles. The number of benzene rings is 1. The lowest BCUT2D eigenvalue weighted by molar-refractivity contribution is -0.139. The zero-order valence-electron chi connectivity index (χ0n) is 9.11. The number of hydrogen-bond donors (Lipinski definition) is 0. The Balaban J connectivity index is 1.98. The summed E-state index contributed by atoms with van der Waals surface area (Å²) in [5, 5.41) is 0. The highest BCUT2D eigenvalue weighted by molar-refractivity contribution is 6.03. The molecule has 0 amide bonds. The van der Waals surface area contributed by atoms with Gasteiger partial charge >= 0.3 is 5.97 Å². The number of cyclic esters (lactones) is 1. The number of rotatable bonds is 1. The van der Waals surface area contributed by atoms with Crippen molar-refractivity contribution in [3.63, 3.8) is 0 Å². The molecule has 0 radical (unpaired) electrons. The van der Waals surface area contributed by atoms with Gasteiger partial charge in [0.1, 0.15) is 5.92 Å². The largest absolute Gasteiger partial charge is 0.407 e. The van der Waals surface area contributed by atoms with Gasteiger partial charge in [-0.2, -0.15) is 0 Å². The molecule has 1 aromatic rings. The van der Waals surface area contributed by atoms with Gasteiger partial charge in [-0.15, -0.1) is 0 Å². The molecule has 1 heterocycles. The fourth-order valence-corrected chi connectivity index (χ4v) is 1.98. The molecule has 2 atom stereocenters. The topological polar surface area (TPSA) is 38.7 Å². The van der Waals surface area contributed by atoms with Crippen LogP contribution in [0.15, 0.2) is 59.6 Å². The van der Waals surface area contributed by atoms with Crippen LogP contribution in [0.1, 0.15) is 5.56 Å². The Hall–Kier alpha value is -2.16. The molecule has 3 heteroatoms. The average molecular weight is 225 g/mol. The number of esters is 1. The Labute approximate surface area is 99.1 Å². The van der Waals surface area contributed by atoms with Gasteiger partial charge in [-0.3, -0.25) is 4.79 Å². The molecule has 2 aliphatic rings. The van der Waals surface area contributed by atoms with E-state index in [2.05, 4.69) is 4.99 Å². The molecule has 3 nitrogen and oxygen atoms in total. The Kier molecular flexibility index (Phi) is 2.37. The van der Waals surface area contributed by atoms with Crippen molar-refractivity contribution in [3.8, 4) is 0 Å². The lowest BCUT2D eigenvalue weighted by Crippen LogP contribution is -2.35. The molecule has 0 bridgehead atoms. The first-order chi connectivity index (χ1) is 8.34. The van der Waals surface area contributed by atoms with E-state index in [1.807, 2.05) is 54.6 Å². The first-order valence-electron chi connectivity index (χ1n) is 5.54. The summed E-state index contributed by atoms with van der Waals surface area (Å²) in [6.45, 7) is 0. The van der Waals surface area contributed by atoms with Gasteiger partial charge in [0, 0.05) is 5.56 Å². The molecule has 0 aromatic heterocycles. The van der Waals surface area contributed by atoms with E-state index in [0.717, 1.165) is 5.56 Å². The molecule has 1 aliphatic heterocycles. The number of ether oxygens (including phenoxy) is 1. The van der Waals surface area contributed by atoms with Crippen LogP contribution in [0.2, 0.25) is 0 Å². The molecule has 84 valence electrons. The zero-order chi connectivity index (χ0) is 11.7. The number of fused-ring (bicyclic) bond motifs is 1. The molecular weight excluding hydrogens is 214 g/mol. The minimum absolute atomic E-state index is 0.128. The first kappa shape index (κ1) is 10.0. The second kappa shape index (κ2) is 4.01. The van der Waals surface area contributed by atoms with Crippen LogP contribution in [0.3, 0.4) is 0 Å². The number of hydrogen-bond acceptors (Lipinski definition) is 3. The normalized spacial score (nSPS) is 26.1. The van der Waals surface area contributed by atoms with Gasteiger partial charge in [-0.05, 0) is 12.1 Å². The second-order valence-corrected chi connectivity index (χ2v) is 4.01. The van der Waals surface area contributed by atoms with Crippen LogP contribution >= 0.6 is 0 Å². The Morgan fingerprint density at radius 1 is 1.06 bits per heavy atom. The van der Waals surface area contributed by atoms with Gasteiger partial charge < -0.3 is 4.74 Å². The average Bonchev–Trinajstić information content (AvgIpc) is 2.40. The summed E-state index contributed by atoms with van der Waals surface area (Å²) in [6.07, 6.45) is 7.52. The molecule has 0 spiro atoms. The Morgan fingerprint density at radius 3 is 2.65 bits per heavy atom. The molecule has 0 fully saturated rings. The van der Waals surface area contributed by atoms with Crippen LogP contribution in [-0.4, -0.2) is 17.9 Å². The van der Waals surface area contributed by atoms with E-state index in [0.29, 0.717) is 5.90 Å². The summed E-state index contributed by atoms with van der Waals surface area (Å²) in [4.78, 5) is 16.3. The smallest absolute Gasteiger partial charge is 0.322 e. The lowest BCUT2D eigenvalue weighted by Gasteiger charge is -2.25. The van der Waals surface area contributed by atoms with Gasteiger partial charge in [0.25, 0.3) is 0 Å². The fraction of sp³-hybridized carbons (Fsp3) is 0.143. The number of aliphatic imine (C=N–C) groups is 1. The third-order valence-electron chi connectivity index (χ3n) is 2.86. The standard InChI is InChI=1S/C14H11NO2/c16-14-11-8-4-5-9-12(11)15-13(17-14)10-6-2-1-3-7-10/h1-9,11-12H/t11-,12+/m1/s1. The van der Waals surface area contributed by atoms with Crippen LogP contribution in [0.4, 0.5) is 0 Å². The first-order valence-corrected chi connectivity index (χ1v) is 5.54.